The molecule has 1 amide bonds. The van der Waals surface area contributed by atoms with Crippen LogP contribution in [-0.4, -0.2) is 21.0 Å². The number of nitro benzene ring substituents is 1. The number of nitrogens with one attached hydrogen (secondary N) is 2. The number of benzene rings is 2. The molecule has 9 nitrogen and oxygen atoms in total. The summed E-state index contributed by atoms with van der Waals surface area (Å²) in [5.74, 6) is 0.654. The van der Waals surface area contributed by atoms with Crippen LogP contribution < -0.4 is 15.4 Å². The summed E-state index contributed by atoms with van der Waals surface area (Å²) in [6.07, 6.45) is 2.80. The van der Waals surface area contributed by atoms with Crippen LogP contribution in [0.1, 0.15) is 0 Å². The zero-order chi connectivity index (χ0) is 21.6. The molecule has 31 heavy (non-hydrogen) atoms. The first-order valence-corrected chi connectivity index (χ1v) is 9.96. The van der Waals surface area contributed by atoms with Crippen molar-refractivity contribution in [2.45, 2.75) is 0 Å². The van der Waals surface area contributed by atoms with Gasteiger partial charge in [0.1, 0.15) is 5.75 Å². The van der Waals surface area contributed by atoms with Gasteiger partial charge in [0.15, 0.2) is 0 Å². The van der Waals surface area contributed by atoms with Crippen LogP contribution in [0, 0.1) is 10.1 Å². The van der Waals surface area contributed by atoms with Crippen molar-refractivity contribution in [2.24, 2.45) is 0 Å². The topological polar surface area (TPSA) is 119 Å². The van der Waals surface area contributed by atoms with Crippen LogP contribution >= 0.6 is 11.3 Å². The summed E-state index contributed by atoms with van der Waals surface area (Å²) < 4.78 is 5.11. The first-order chi connectivity index (χ1) is 15.1. The maximum absolute atomic E-state index is 12.0. The highest BCUT2D eigenvalue weighted by Crippen LogP contribution is 2.22. The Morgan fingerprint density at radius 1 is 0.935 bits per heavy atom. The molecule has 0 fully saturated rings. The molecular weight excluding hydrogens is 418 g/mol. The molecule has 0 saturated carbocycles. The van der Waals surface area contributed by atoms with Gasteiger partial charge >= 0.3 is 6.09 Å². The van der Waals surface area contributed by atoms with Crippen molar-refractivity contribution in [3.8, 4) is 16.9 Å². The number of aromatic nitrogens is 2. The lowest BCUT2D eigenvalue weighted by Gasteiger charge is -2.08. The second kappa shape index (κ2) is 9.01. The van der Waals surface area contributed by atoms with Crippen LogP contribution in [0.5, 0.6) is 5.75 Å². The summed E-state index contributed by atoms with van der Waals surface area (Å²) in [6.45, 7) is 0. The van der Waals surface area contributed by atoms with Crippen molar-refractivity contribution in [3.63, 3.8) is 0 Å². The van der Waals surface area contributed by atoms with Crippen LogP contribution in [0.15, 0.2) is 77.8 Å². The fourth-order valence-corrected chi connectivity index (χ4v) is 3.29. The average Bonchev–Trinajstić information content (AvgIpc) is 3.31. The monoisotopic (exact) mass is 433 g/mol. The van der Waals surface area contributed by atoms with E-state index in [-0.39, 0.29) is 11.4 Å². The molecule has 0 radical (unpaired) electrons. The Bertz CT molecular complexity index is 1180. The lowest BCUT2D eigenvalue weighted by atomic mass is 10.2. The minimum absolute atomic E-state index is 0.0825. The zero-order valence-corrected chi connectivity index (χ0v) is 16.7. The molecule has 2 aromatic heterocycles. The number of carbonyl (C=O) groups excluding carboxylic acids is 1. The third-order valence-electron chi connectivity index (χ3n) is 4.15. The summed E-state index contributed by atoms with van der Waals surface area (Å²) >= 11 is 1.61. The number of nitro groups is 1. The zero-order valence-electron chi connectivity index (χ0n) is 15.9. The van der Waals surface area contributed by atoms with Gasteiger partial charge in [-0.15, -0.1) is 0 Å². The molecule has 4 rings (SSSR count). The fourth-order valence-electron chi connectivity index (χ4n) is 2.62. The number of nitrogens with zero attached hydrogens (tertiary/aromatic N) is 3. The molecule has 0 bridgehead atoms. The normalized spacial score (nSPS) is 10.3. The molecule has 154 valence electrons. The maximum Gasteiger partial charge on any atom is 0.417 e. The van der Waals surface area contributed by atoms with E-state index >= 15 is 0 Å². The number of amides is 1. The Hall–Kier alpha value is -4.31. The minimum Gasteiger partial charge on any atom is -0.410 e. The SMILES string of the molecule is O=C(Nc1ccc(Nc2ncc(-c3ccsc3)cn2)cc1)Oc1ccc([N+](=O)[O-])cc1. The number of hydrogen-bond donors (Lipinski definition) is 2. The molecule has 4 aromatic rings. The maximum atomic E-state index is 12.0. The molecule has 0 aliphatic rings. The van der Waals surface area contributed by atoms with E-state index in [9.17, 15) is 14.9 Å². The van der Waals surface area contributed by atoms with Gasteiger partial charge in [0.2, 0.25) is 5.95 Å². The average molecular weight is 433 g/mol. The Balaban J connectivity index is 1.32. The van der Waals surface area contributed by atoms with Gasteiger partial charge in [0.05, 0.1) is 4.92 Å². The van der Waals surface area contributed by atoms with Crippen LogP contribution in [0.25, 0.3) is 11.1 Å². The van der Waals surface area contributed by atoms with Crippen molar-refractivity contribution in [1.82, 2.24) is 9.97 Å². The lowest BCUT2D eigenvalue weighted by Crippen LogP contribution is -2.16. The minimum atomic E-state index is -0.707. The Morgan fingerprint density at radius 3 is 2.23 bits per heavy atom. The van der Waals surface area contributed by atoms with E-state index in [1.54, 1.807) is 48.0 Å². The number of ether oxygens (including phenoxy) is 1. The van der Waals surface area contributed by atoms with Gasteiger partial charge in [-0.2, -0.15) is 11.3 Å². The number of thiophene rings is 1. The summed E-state index contributed by atoms with van der Waals surface area (Å²) in [5, 5.41) is 20.4. The Kier molecular flexibility index (Phi) is 5.81. The van der Waals surface area contributed by atoms with Gasteiger partial charge in [-0.05, 0) is 58.8 Å². The largest absolute Gasteiger partial charge is 0.417 e. The molecule has 0 aliphatic heterocycles. The summed E-state index contributed by atoms with van der Waals surface area (Å²) in [7, 11) is 0. The first-order valence-electron chi connectivity index (χ1n) is 9.02. The molecule has 0 saturated heterocycles. The Morgan fingerprint density at radius 2 is 1.61 bits per heavy atom. The van der Waals surface area contributed by atoms with Crippen molar-refractivity contribution in [1.29, 1.82) is 0 Å². The summed E-state index contributed by atoms with van der Waals surface area (Å²) in [4.78, 5) is 30.8. The number of anilines is 3. The van der Waals surface area contributed by atoms with E-state index in [4.69, 9.17) is 4.74 Å². The van der Waals surface area contributed by atoms with E-state index in [2.05, 4.69) is 20.6 Å². The molecule has 2 N–H and O–H groups in total. The second-order valence-corrected chi connectivity index (χ2v) is 7.06. The predicted molar refractivity (Wildman–Crippen MR) is 118 cm³/mol. The van der Waals surface area contributed by atoms with Gasteiger partial charge < -0.3 is 10.1 Å². The van der Waals surface area contributed by atoms with Crippen molar-refractivity contribution in [3.05, 3.63) is 87.9 Å². The molecule has 2 aromatic carbocycles. The summed E-state index contributed by atoms with van der Waals surface area (Å²) in [6, 6.07) is 14.2. The second-order valence-electron chi connectivity index (χ2n) is 6.28. The Labute approximate surface area is 180 Å². The smallest absolute Gasteiger partial charge is 0.410 e. The van der Waals surface area contributed by atoms with E-state index in [1.807, 2.05) is 16.8 Å². The van der Waals surface area contributed by atoms with Crippen molar-refractivity contribution in [2.75, 3.05) is 10.6 Å². The first kappa shape index (κ1) is 20.0. The fraction of sp³-hybridized carbons (Fsp3) is 0. The molecule has 0 aliphatic carbocycles. The molecule has 0 unspecified atom stereocenters. The third-order valence-corrected chi connectivity index (χ3v) is 4.84. The number of non-ortho nitro benzene ring substituents is 1. The van der Waals surface area contributed by atoms with E-state index in [0.717, 1.165) is 16.8 Å². The summed E-state index contributed by atoms with van der Waals surface area (Å²) in [5.41, 5.74) is 3.20. The van der Waals surface area contributed by atoms with E-state index < -0.39 is 11.0 Å². The van der Waals surface area contributed by atoms with Crippen LogP contribution in [0.4, 0.5) is 27.8 Å². The van der Waals surface area contributed by atoms with Crippen LogP contribution in [-0.2, 0) is 0 Å². The molecular formula is C21H15N5O4S. The standard InChI is InChI=1S/C21H15N5O4S/c27-21(30-19-7-5-18(6-8-19)26(28)29)25-17-3-1-16(2-4-17)24-20-22-11-15(12-23-20)14-9-10-31-13-14/h1-13H,(H,25,27)(H,22,23,24). The third kappa shape index (κ3) is 5.19. The van der Waals surface area contributed by atoms with Crippen molar-refractivity contribution < 1.29 is 14.5 Å². The molecule has 2 heterocycles. The quantitative estimate of drug-likeness (QED) is 0.306. The molecule has 0 spiro atoms. The van der Waals surface area contributed by atoms with Crippen LogP contribution in [0.3, 0.4) is 0 Å². The molecule has 0 atom stereocenters. The highest BCUT2D eigenvalue weighted by atomic mass is 32.1. The van der Waals surface area contributed by atoms with E-state index in [1.165, 1.54) is 24.3 Å². The lowest BCUT2D eigenvalue weighted by molar-refractivity contribution is -0.384. The highest BCUT2D eigenvalue weighted by molar-refractivity contribution is 7.08. The van der Waals surface area contributed by atoms with Gasteiger partial charge in [-0.1, -0.05) is 0 Å². The van der Waals surface area contributed by atoms with Crippen molar-refractivity contribution >= 4 is 40.4 Å². The number of rotatable bonds is 6. The van der Waals surface area contributed by atoms with Gasteiger partial charge in [0.25, 0.3) is 5.69 Å². The highest BCUT2D eigenvalue weighted by Gasteiger charge is 2.09. The van der Waals surface area contributed by atoms with Crippen LogP contribution in [0.2, 0.25) is 0 Å². The predicted octanol–water partition coefficient (Wildman–Crippen LogP) is 5.47. The number of hydrogen-bond acceptors (Lipinski definition) is 8. The van der Waals surface area contributed by atoms with Gasteiger partial charge in [0, 0.05) is 41.5 Å². The van der Waals surface area contributed by atoms with E-state index in [0.29, 0.717) is 11.6 Å². The van der Waals surface area contributed by atoms with Gasteiger partial charge in [-0.3, -0.25) is 15.4 Å². The van der Waals surface area contributed by atoms with Gasteiger partial charge in [-0.25, -0.2) is 14.8 Å². The number of carbonyl (C=O) groups is 1. The molecule has 10 heteroatoms.